The second kappa shape index (κ2) is 9.03. The third-order valence-corrected chi connectivity index (χ3v) is 7.32. The minimum absolute atomic E-state index is 0.138. The first kappa shape index (κ1) is 23.3. The van der Waals surface area contributed by atoms with Gasteiger partial charge in [-0.1, -0.05) is 12.1 Å². The summed E-state index contributed by atoms with van der Waals surface area (Å²) >= 11 is 0. The number of imidazole rings is 2. The number of nitrogens with zero attached hydrogens (tertiary/aromatic N) is 8. The van der Waals surface area contributed by atoms with Gasteiger partial charge in [-0.15, -0.1) is 0 Å². The fourth-order valence-electron chi connectivity index (χ4n) is 5.34. The summed E-state index contributed by atoms with van der Waals surface area (Å²) < 4.78 is 27.8. The van der Waals surface area contributed by atoms with Gasteiger partial charge in [-0.3, -0.25) is 9.13 Å². The van der Waals surface area contributed by atoms with Crippen LogP contribution in [0.3, 0.4) is 0 Å². The molecule has 12 rings (SSSR count). The standard InChI is InChI=1S/C30H20N8O4/c1-7-23-31-9-17(1)11-39-12-18-2-8-24(32-10-18)38-16-34-20-4-6-22-28(30(20)38)36-26(42-22)14-40-13-25-35-27-21(41-25)5-3-19-29(27)37(23)15-33-19/h1-10,15-16H,11-14H2. The molecule has 6 aromatic heterocycles. The molecule has 0 fully saturated rings. The molecule has 2 aromatic carbocycles. The maximum absolute atomic E-state index is 6.02. The molecular weight excluding hydrogens is 536 g/mol. The molecule has 8 bridgehead atoms. The van der Waals surface area contributed by atoms with Crippen LogP contribution in [-0.2, 0) is 35.9 Å². The second-order valence-corrected chi connectivity index (χ2v) is 10.0. The third kappa shape index (κ3) is 3.70. The predicted octanol–water partition coefficient (Wildman–Crippen LogP) is 5.18. The van der Waals surface area contributed by atoms with Gasteiger partial charge in [-0.2, -0.15) is 0 Å². The lowest BCUT2D eigenvalue weighted by Crippen LogP contribution is -2.01. The van der Waals surface area contributed by atoms with Gasteiger partial charge in [0.05, 0.1) is 24.2 Å². The lowest BCUT2D eigenvalue weighted by molar-refractivity contribution is 0.0762. The van der Waals surface area contributed by atoms with E-state index in [0.717, 1.165) is 33.2 Å². The molecule has 0 N–H and O–H groups in total. The van der Waals surface area contributed by atoms with Crippen LogP contribution in [-0.4, -0.2) is 39.0 Å². The molecule has 0 spiro atoms. The highest BCUT2D eigenvalue weighted by molar-refractivity contribution is 6.01. The zero-order valence-corrected chi connectivity index (χ0v) is 22.0. The lowest BCUT2D eigenvalue weighted by atomic mass is 10.2. The molecule has 0 unspecified atom stereocenters. The molecule has 12 heteroatoms. The van der Waals surface area contributed by atoms with Crippen molar-refractivity contribution in [1.82, 2.24) is 39.0 Å². The van der Waals surface area contributed by atoms with E-state index in [-0.39, 0.29) is 13.2 Å². The Morgan fingerprint density at radius 1 is 0.524 bits per heavy atom. The zero-order chi connectivity index (χ0) is 27.6. The second-order valence-electron chi connectivity index (χ2n) is 10.0. The molecule has 0 saturated heterocycles. The summed E-state index contributed by atoms with van der Waals surface area (Å²) in [5, 5.41) is 0. The monoisotopic (exact) mass is 556 g/mol. The van der Waals surface area contributed by atoms with Crippen LogP contribution in [0.4, 0.5) is 0 Å². The van der Waals surface area contributed by atoms with Crippen LogP contribution in [0.15, 0.2) is 82.4 Å². The molecule has 204 valence electrons. The molecule has 0 amide bonds. The fraction of sp³-hybridized carbons (Fsp3) is 0.133. The highest BCUT2D eigenvalue weighted by atomic mass is 16.5. The van der Waals surface area contributed by atoms with Crippen molar-refractivity contribution < 1.29 is 18.3 Å². The van der Waals surface area contributed by atoms with Gasteiger partial charge >= 0.3 is 0 Å². The van der Waals surface area contributed by atoms with Gasteiger partial charge in [0.25, 0.3) is 0 Å². The average molecular weight is 557 g/mol. The van der Waals surface area contributed by atoms with E-state index in [0.29, 0.717) is 58.8 Å². The third-order valence-electron chi connectivity index (χ3n) is 7.32. The molecule has 42 heavy (non-hydrogen) atoms. The molecule has 0 saturated carbocycles. The van der Waals surface area contributed by atoms with Crippen molar-refractivity contribution >= 4 is 44.3 Å². The number of aromatic nitrogens is 8. The van der Waals surface area contributed by atoms with Gasteiger partial charge in [0.1, 0.15) is 59.6 Å². The van der Waals surface area contributed by atoms with E-state index in [4.69, 9.17) is 28.3 Å². The molecule has 10 heterocycles. The summed E-state index contributed by atoms with van der Waals surface area (Å²) in [4.78, 5) is 27.9. The van der Waals surface area contributed by atoms with E-state index >= 15 is 0 Å². The van der Waals surface area contributed by atoms with Crippen molar-refractivity contribution in [2.75, 3.05) is 0 Å². The molecule has 4 aliphatic heterocycles. The van der Waals surface area contributed by atoms with E-state index in [2.05, 4.69) is 19.9 Å². The number of pyridine rings is 2. The van der Waals surface area contributed by atoms with Gasteiger partial charge in [0.15, 0.2) is 11.2 Å². The highest BCUT2D eigenvalue weighted by Crippen LogP contribution is 2.29. The maximum atomic E-state index is 6.02. The molecule has 8 aromatic rings. The van der Waals surface area contributed by atoms with E-state index in [1.54, 1.807) is 12.7 Å². The van der Waals surface area contributed by atoms with Crippen LogP contribution in [0.2, 0.25) is 0 Å². The average Bonchev–Trinajstić information content (AvgIpc) is 3.81. The van der Waals surface area contributed by atoms with Crippen LogP contribution < -0.4 is 0 Å². The van der Waals surface area contributed by atoms with Gasteiger partial charge < -0.3 is 18.3 Å². The minimum Gasteiger partial charge on any atom is -0.438 e. The van der Waals surface area contributed by atoms with E-state index < -0.39 is 0 Å². The Morgan fingerprint density at radius 3 is 1.50 bits per heavy atom. The van der Waals surface area contributed by atoms with Crippen molar-refractivity contribution in [3.63, 3.8) is 0 Å². The van der Waals surface area contributed by atoms with Crippen molar-refractivity contribution in [3.8, 4) is 11.6 Å². The van der Waals surface area contributed by atoms with Gasteiger partial charge in [-0.25, -0.2) is 29.9 Å². The van der Waals surface area contributed by atoms with Crippen LogP contribution >= 0.6 is 0 Å². The summed E-state index contributed by atoms with van der Waals surface area (Å²) in [5.74, 6) is 2.30. The summed E-state index contributed by atoms with van der Waals surface area (Å²) in [6.45, 7) is 1.10. The van der Waals surface area contributed by atoms with E-state index in [9.17, 15) is 0 Å². The normalized spacial score (nSPS) is 14.1. The Kier molecular flexibility index (Phi) is 5.00. The number of hydrogen-bond acceptors (Lipinski definition) is 10. The Hall–Kier alpha value is -5.46. The molecule has 4 aliphatic rings. The Morgan fingerprint density at radius 2 is 1.02 bits per heavy atom. The van der Waals surface area contributed by atoms with E-state index in [1.807, 2.05) is 70.1 Å². The summed E-state index contributed by atoms with van der Waals surface area (Å²) in [7, 11) is 0. The molecular formula is C30H20N8O4. The number of hydrogen-bond donors (Lipinski definition) is 0. The summed E-state index contributed by atoms with van der Waals surface area (Å²) in [5.41, 5.74) is 7.74. The topological polar surface area (TPSA) is 132 Å². The summed E-state index contributed by atoms with van der Waals surface area (Å²) in [6, 6.07) is 15.4. The zero-order valence-electron chi connectivity index (χ0n) is 22.0. The SMILES string of the molecule is c1cc2ncc1COCc1ccc(nc1)-n1cnc3ccc4oc(nc4c31)COCc1nc3c(ccc4ncn-2c43)o1. The van der Waals surface area contributed by atoms with Gasteiger partial charge in [0, 0.05) is 12.4 Å². The highest BCUT2D eigenvalue weighted by Gasteiger charge is 2.18. The Labute approximate surface area is 236 Å². The Bertz CT molecular complexity index is 2100. The van der Waals surface area contributed by atoms with Crippen molar-refractivity contribution in [2.24, 2.45) is 0 Å². The van der Waals surface area contributed by atoms with Crippen molar-refractivity contribution in [1.29, 1.82) is 0 Å². The summed E-state index contributed by atoms with van der Waals surface area (Å²) in [6.07, 6.45) is 7.10. The van der Waals surface area contributed by atoms with Gasteiger partial charge in [0.2, 0.25) is 11.8 Å². The van der Waals surface area contributed by atoms with Crippen molar-refractivity contribution in [3.05, 3.63) is 96.5 Å². The molecule has 0 atom stereocenters. The lowest BCUT2D eigenvalue weighted by Gasteiger charge is -2.08. The first-order valence-electron chi connectivity index (χ1n) is 13.3. The van der Waals surface area contributed by atoms with Crippen molar-refractivity contribution in [2.45, 2.75) is 26.4 Å². The first-order chi connectivity index (χ1) is 20.8. The number of oxazole rings is 2. The van der Waals surface area contributed by atoms with E-state index in [1.165, 1.54) is 0 Å². The maximum Gasteiger partial charge on any atom is 0.221 e. The molecule has 0 radical (unpaired) electrons. The molecule has 0 aliphatic carbocycles. The number of benzene rings is 2. The molecule has 12 nitrogen and oxygen atoms in total. The predicted molar refractivity (Wildman–Crippen MR) is 150 cm³/mol. The Balaban J connectivity index is 1.14. The smallest absolute Gasteiger partial charge is 0.221 e. The first-order valence-corrected chi connectivity index (χ1v) is 13.3. The number of ether oxygens (including phenoxy) is 2. The largest absolute Gasteiger partial charge is 0.438 e. The fourth-order valence-corrected chi connectivity index (χ4v) is 5.34. The minimum atomic E-state index is 0.138. The quantitative estimate of drug-likeness (QED) is 0.246. The van der Waals surface area contributed by atoms with Gasteiger partial charge in [-0.05, 0) is 47.5 Å². The van der Waals surface area contributed by atoms with Crippen LogP contribution in [0.5, 0.6) is 0 Å². The van der Waals surface area contributed by atoms with Crippen LogP contribution in [0.1, 0.15) is 22.9 Å². The van der Waals surface area contributed by atoms with Crippen LogP contribution in [0, 0.1) is 0 Å². The number of rotatable bonds is 0. The van der Waals surface area contributed by atoms with Crippen LogP contribution in [0.25, 0.3) is 55.9 Å².